The minimum atomic E-state index is -0.181. The quantitative estimate of drug-likeness (QED) is 0.425. The van der Waals surface area contributed by atoms with Crippen molar-refractivity contribution in [3.8, 4) is 22.8 Å². The standard InChI is InChI=1S/C26H23N3O3/c30-25(27-21-13-15-23(16-14-21)32-22-10-5-2-6-11-22)12-7-19-29-26(31)18-17-24(28-29)20-8-3-1-4-9-20/h1-6,8-11,13-18H,7,12,19H2,(H,27,30). The molecule has 0 aliphatic heterocycles. The van der Waals surface area contributed by atoms with Gasteiger partial charge in [-0.05, 0) is 48.9 Å². The van der Waals surface area contributed by atoms with Gasteiger partial charge >= 0.3 is 0 Å². The molecule has 0 saturated carbocycles. The lowest BCUT2D eigenvalue weighted by Crippen LogP contribution is -2.23. The summed E-state index contributed by atoms with van der Waals surface area (Å²) in [6.07, 6.45) is 0.790. The highest BCUT2D eigenvalue weighted by molar-refractivity contribution is 5.90. The Labute approximate surface area is 186 Å². The summed E-state index contributed by atoms with van der Waals surface area (Å²) in [5, 5.41) is 7.29. The maximum Gasteiger partial charge on any atom is 0.266 e. The summed E-state index contributed by atoms with van der Waals surface area (Å²) in [6.45, 7) is 0.372. The van der Waals surface area contributed by atoms with Gasteiger partial charge in [0.05, 0.1) is 5.69 Å². The van der Waals surface area contributed by atoms with E-state index in [2.05, 4.69) is 10.4 Å². The number of para-hydroxylation sites is 1. The molecule has 1 heterocycles. The van der Waals surface area contributed by atoms with Crippen LogP contribution in [0.4, 0.5) is 5.69 Å². The van der Waals surface area contributed by atoms with Crippen LogP contribution in [0.3, 0.4) is 0 Å². The molecule has 160 valence electrons. The van der Waals surface area contributed by atoms with E-state index in [1.807, 2.05) is 60.7 Å². The first kappa shape index (κ1) is 21.1. The number of nitrogens with one attached hydrogen (secondary N) is 1. The van der Waals surface area contributed by atoms with E-state index in [0.717, 1.165) is 17.0 Å². The Hall–Kier alpha value is -4.19. The molecule has 6 heteroatoms. The van der Waals surface area contributed by atoms with Gasteiger partial charge in [0.1, 0.15) is 11.5 Å². The molecule has 0 unspecified atom stereocenters. The maximum absolute atomic E-state index is 12.3. The molecule has 1 aromatic heterocycles. The molecule has 4 aromatic rings. The lowest BCUT2D eigenvalue weighted by atomic mass is 10.1. The molecule has 0 saturated heterocycles. The van der Waals surface area contributed by atoms with Crippen molar-refractivity contribution in [1.82, 2.24) is 9.78 Å². The molecular weight excluding hydrogens is 402 g/mol. The topological polar surface area (TPSA) is 73.2 Å². The number of carbonyl (C=O) groups is 1. The third kappa shape index (κ3) is 5.70. The van der Waals surface area contributed by atoms with Gasteiger partial charge in [0.25, 0.3) is 5.56 Å². The number of ether oxygens (including phenoxy) is 1. The Balaban J connectivity index is 1.29. The van der Waals surface area contributed by atoms with Crippen LogP contribution in [0.1, 0.15) is 12.8 Å². The van der Waals surface area contributed by atoms with Crippen LogP contribution >= 0.6 is 0 Å². The van der Waals surface area contributed by atoms with Crippen LogP contribution in [0, 0.1) is 0 Å². The normalized spacial score (nSPS) is 10.5. The van der Waals surface area contributed by atoms with Gasteiger partial charge in [-0.3, -0.25) is 9.59 Å². The Morgan fingerprint density at radius 1 is 0.812 bits per heavy atom. The van der Waals surface area contributed by atoms with Crippen molar-refractivity contribution >= 4 is 11.6 Å². The van der Waals surface area contributed by atoms with Crippen molar-refractivity contribution in [1.29, 1.82) is 0 Å². The number of hydrogen-bond acceptors (Lipinski definition) is 4. The number of amides is 1. The van der Waals surface area contributed by atoms with Crippen LogP contribution in [0.15, 0.2) is 102 Å². The third-order valence-corrected chi connectivity index (χ3v) is 4.83. The number of anilines is 1. The van der Waals surface area contributed by atoms with E-state index in [0.29, 0.717) is 24.4 Å². The van der Waals surface area contributed by atoms with E-state index in [-0.39, 0.29) is 17.9 Å². The van der Waals surface area contributed by atoms with E-state index in [1.165, 1.54) is 10.7 Å². The second-order valence-corrected chi connectivity index (χ2v) is 7.24. The Morgan fingerprint density at radius 2 is 1.47 bits per heavy atom. The highest BCUT2D eigenvalue weighted by Crippen LogP contribution is 2.22. The Kier molecular flexibility index (Phi) is 6.72. The van der Waals surface area contributed by atoms with Crippen LogP contribution in [0.25, 0.3) is 11.3 Å². The number of rotatable bonds is 8. The first-order chi connectivity index (χ1) is 15.7. The fourth-order valence-electron chi connectivity index (χ4n) is 3.22. The number of benzene rings is 3. The van der Waals surface area contributed by atoms with Gasteiger partial charge < -0.3 is 10.1 Å². The first-order valence-corrected chi connectivity index (χ1v) is 10.4. The molecule has 1 amide bonds. The smallest absolute Gasteiger partial charge is 0.266 e. The Bertz CT molecular complexity index is 1220. The maximum atomic E-state index is 12.3. The lowest BCUT2D eigenvalue weighted by Gasteiger charge is -2.09. The average Bonchev–Trinajstić information content (AvgIpc) is 2.83. The summed E-state index contributed by atoms with van der Waals surface area (Å²) in [4.78, 5) is 24.4. The highest BCUT2D eigenvalue weighted by Gasteiger charge is 2.06. The molecular formula is C26H23N3O3. The minimum Gasteiger partial charge on any atom is -0.457 e. The molecule has 0 radical (unpaired) electrons. The molecule has 1 N–H and O–H groups in total. The van der Waals surface area contributed by atoms with Gasteiger partial charge in [-0.15, -0.1) is 0 Å². The summed E-state index contributed by atoms with van der Waals surface area (Å²) >= 11 is 0. The van der Waals surface area contributed by atoms with Crippen molar-refractivity contribution < 1.29 is 9.53 Å². The molecule has 0 bridgehead atoms. The second kappa shape index (κ2) is 10.2. The van der Waals surface area contributed by atoms with Crippen LogP contribution in [0.5, 0.6) is 11.5 Å². The zero-order valence-electron chi connectivity index (χ0n) is 17.5. The third-order valence-electron chi connectivity index (χ3n) is 4.83. The molecule has 0 atom stereocenters. The molecule has 3 aromatic carbocycles. The summed E-state index contributed by atoms with van der Waals surface area (Å²) < 4.78 is 7.16. The summed E-state index contributed by atoms with van der Waals surface area (Å²) in [5.41, 5.74) is 2.18. The number of nitrogens with zero attached hydrogens (tertiary/aromatic N) is 2. The number of carbonyl (C=O) groups excluding carboxylic acids is 1. The van der Waals surface area contributed by atoms with E-state index in [1.54, 1.807) is 30.3 Å². The molecule has 0 aliphatic rings. The molecule has 0 fully saturated rings. The monoisotopic (exact) mass is 425 g/mol. The fourth-order valence-corrected chi connectivity index (χ4v) is 3.22. The van der Waals surface area contributed by atoms with Gasteiger partial charge in [0.15, 0.2) is 0 Å². The molecule has 6 nitrogen and oxygen atoms in total. The van der Waals surface area contributed by atoms with Crippen LogP contribution in [0.2, 0.25) is 0 Å². The summed E-state index contributed by atoms with van der Waals surface area (Å²) in [6, 6.07) is 29.6. The molecule has 0 spiro atoms. The SMILES string of the molecule is O=C(CCCn1nc(-c2ccccc2)ccc1=O)Nc1ccc(Oc2ccccc2)cc1. The van der Waals surface area contributed by atoms with Crippen molar-refractivity contribution in [3.05, 3.63) is 107 Å². The predicted molar refractivity (Wildman–Crippen MR) is 125 cm³/mol. The van der Waals surface area contributed by atoms with Gasteiger partial charge in [-0.2, -0.15) is 5.10 Å². The minimum absolute atomic E-state index is 0.117. The Morgan fingerprint density at radius 3 is 2.19 bits per heavy atom. The van der Waals surface area contributed by atoms with Gasteiger partial charge in [0.2, 0.25) is 5.91 Å². The number of hydrogen-bond donors (Lipinski definition) is 1. The summed E-state index contributed by atoms with van der Waals surface area (Å²) in [7, 11) is 0. The van der Waals surface area contributed by atoms with Crippen molar-refractivity contribution in [2.45, 2.75) is 19.4 Å². The van der Waals surface area contributed by atoms with Gasteiger partial charge in [-0.1, -0.05) is 48.5 Å². The van der Waals surface area contributed by atoms with E-state index in [9.17, 15) is 9.59 Å². The summed E-state index contributed by atoms with van der Waals surface area (Å²) in [5.74, 6) is 1.33. The number of aromatic nitrogens is 2. The van der Waals surface area contributed by atoms with Crippen molar-refractivity contribution in [2.24, 2.45) is 0 Å². The highest BCUT2D eigenvalue weighted by atomic mass is 16.5. The molecule has 4 rings (SSSR count). The van der Waals surface area contributed by atoms with Crippen molar-refractivity contribution in [3.63, 3.8) is 0 Å². The fraction of sp³-hybridized carbons (Fsp3) is 0.115. The zero-order chi connectivity index (χ0) is 22.2. The van der Waals surface area contributed by atoms with E-state index < -0.39 is 0 Å². The molecule has 0 aliphatic carbocycles. The van der Waals surface area contributed by atoms with Crippen LogP contribution < -0.4 is 15.6 Å². The van der Waals surface area contributed by atoms with Gasteiger partial charge in [-0.25, -0.2) is 4.68 Å². The average molecular weight is 425 g/mol. The van der Waals surface area contributed by atoms with E-state index >= 15 is 0 Å². The van der Waals surface area contributed by atoms with E-state index in [4.69, 9.17) is 4.74 Å². The molecule has 32 heavy (non-hydrogen) atoms. The van der Waals surface area contributed by atoms with Crippen LogP contribution in [-0.4, -0.2) is 15.7 Å². The van der Waals surface area contributed by atoms with Gasteiger partial charge in [0, 0.05) is 30.3 Å². The zero-order valence-corrected chi connectivity index (χ0v) is 17.5. The number of aryl methyl sites for hydroxylation is 1. The largest absolute Gasteiger partial charge is 0.457 e. The van der Waals surface area contributed by atoms with Crippen LogP contribution in [-0.2, 0) is 11.3 Å². The predicted octanol–water partition coefficient (Wildman–Crippen LogP) is 5.12. The van der Waals surface area contributed by atoms with Crippen molar-refractivity contribution in [2.75, 3.05) is 5.32 Å². The second-order valence-electron chi connectivity index (χ2n) is 7.24. The lowest BCUT2D eigenvalue weighted by molar-refractivity contribution is -0.116. The first-order valence-electron chi connectivity index (χ1n) is 10.4.